The number of amides is 2. The number of hydrogen-bond donors (Lipinski definition) is 1. The fourth-order valence-corrected chi connectivity index (χ4v) is 5.03. The third-order valence-corrected chi connectivity index (χ3v) is 7.61. The average molecular weight is 537 g/mol. The fourth-order valence-electron chi connectivity index (χ4n) is 4.93. The number of hydrogen-bond acceptors (Lipinski definition) is 3. The maximum atomic E-state index is 13.7. The van der Waals surface area contributed by atoms with E-state index in [1.165, 1.54) is 12.1 Å². The summed E-state index contributed by atoms with van der Waals surface area (Å²) in [7, 11) is 0. The Balaban J connectivity index is 1.61. The molecule has 38 heavy (non-hydrogen) atoms. The minimum absolute atomic E-state index is 0.111. The Kier molecular flexibility index (Phi) is 9.40. The lowest BCUT2D eigenvalue weighted by atomic mass is 10.0. The highest BCUT2D eigenvalue weighted by Crippen LogP contribution is 2.26. The van der Waals surface area contributed by atoms with Crippen LogP contribution in [-0.2, 0) is 22.6 Å². The number of nitrogens with zero attached hydrogens (tertiary/aromatic N) is 1. The molecule has 1 fully saturated rings. The van der Waals surface area contributed by atoms with E-state index in [2.05, 4.69) is 5.32 Å². The number of rotatable bonds is 10. The van der Waals surface area contributed by atoms with Crippen LogP contribution in [0.4, 0.5) is 4.39 Å². The Morgan fingerprint density at radius 1 is 1.00 bits per heavy atom. The Hall–Kier alpha value is -3.38. The smallest absolute Gasteiger partial charge is 0.261 e. The summed E-state index contributed by atoms with van der Waals surface area (Å²) in [6, 6.07) is 18.6. The van der Waals surface area contributed by atoms with Crippen LogP contribution in [-0.4, -0.2) is 35.4 Å². The van der Waals surface area contributed by atoms with Gasteiger partial charge in [0, 0.05) is 24.0 Å². The van der Waals surface area contributed by atoms with E-state index in [4.69, 9.17) is 16.3 Å². The molecule has 1 unspecified atom stereocenters. The van der Waals surface area contributed by atoms with Crippen LogP contribution in [0.5, 0.6) is 5.75 Å². The van der Waals surface area contributed by atoms with E-state index in [1.807, 2.05) is 44.2 Å². The first-order chi connectivity index (χ1) is 18.3. The Morgan fingerprint density at radius 2 is 1.63 bits per heavy atom. The second-order valence-electron chi connectivity index (χ2n) is 10.0. The molecule has 4 rings (SSSR count). The Morgan fingerprint density at radius 3 is 2.26 bits per heavy atom. The normalized spacial score (nSPS) is 14.2. The van der Waals surface area contributed by atoms with E-state index in [1.54, 1.807) is 29.2 Å². The molecule has 0 heterocycles. The van der Waals surface area contributed by atoms with E-state index < -0.39 is 6.04 Å². The van der Waals surface area contributed by atoms with Crippen molar-refractivity contribution in [3.63, 3.8) is 0 Å². The van der Waals surface area contributed by atoms with Crippen molar-refractivity contribution in [2.45, 2.75) is 64.6 Å². The molecule has 3 aromatic rings. The first kappa shape index (κ1) is 27.6. The van der Waals surface area contributed by atoms with Crippen LogP contribution in [0.2, 0.25) is 5.02 Å². The molecule has 1 aliphatic carbocycles. The topological polar surface area (TPSA) is 58.6 Å². The first-order valence-electron chi connectivity index (χ1n) is 13.1. The van der Waals surface area contributed by atoms with E-state index >= 15 is 0 Å². The zero-order valence-electron chi connectivity index (χ0n) is 21.9. The first-order valence-corrected chi connectivity index (χ1v) is 13.5. The lowest BCUT2D eigenvalue weighted by molar-refractivity contribution is -0.143. The zero-order chi connectivity index (χ0) is 27.1. The molecule has 0 saturated heterocycles. The number of ether oxygens (including phenoxy) is 1. The molecule has 0 aromatic heterocycles. The maximum absolute atomic E-state index is 13.7. The Labute approximate surface area is 228 Å². The maximum Gasteiger partial charge on any atom is 0.261 e. The summed E-state index contributed by atoms with van der Waals surface area (Å²) in [6.07, 6.45) is 4.40. The van der Waals surface area contributed by atoms with Crippen molar-refractivity contribution in [3.05, 3.63) is 99.8 Å². The van der Waals surface area contributed by atoms with Gasteiger partial charge in [0.1, 0.15) is 17.6 Å². The number of carbonyl (C=O) groups excluding carboxylic acids is 2. The second kappa shape index (κ2) is 12.9. The average Bonchev–Trinajstić information content (AvgIpc) is 3.42. The molecule has 7 heteroatoms. The van der Waals surface area contributed by atoms with Crippen molar-refractivity contribution < 1.29 is 18.7 Å². The summed E-state index contributed by atoms with van der Waals surface area (Å²) in [5, 5.41) is 3.84. The van der Waals surface area contributed by atoms with Crippen molar-refractivity contribution in [1.82, 2.24) is 10.2 Å². The van der Waals surface area contributed by atoms with E-state index in [0.29, 0.717) is 17.2 Å². The van der Waals surface area contributed by atoms with Gasteiger partial charge in [-0.25, -0.2) is 4.39 Å². The molecule has 200 valence electrons. The highest BCUT2D eigenvalue weighted by molar-refractivity contribution is 6.32. The molecule has 0 bridgehead atoms. The minimum Gasteiger partial charge on any atom is -0.484 e. The van der Waals surface area contributed by atoms with Crippen molar-refractivity contribution in [1.29, 1.82) is 0 Å². The number of halogens is 2. The van der Waals surface area contributed by atoms with Crippen LogP contribution in [0.25, 0.3) is 0 Å². The third-order valence-electron chi connectivity index (χ3n) is 7.01. The summed E-state index contributed by atoms with van der Waals surface area (Å²) in [4.78, 5) is 28.9. The molecule has 1 aliphatic rings. The van der Waals surface area contributed by atoms with Crippen molar-refractivity contribution in [2.24, 2.45) is 0 Å². The monoisotopic (exact) mass is 536 g/mol. The number of nitrogens with one attached hydrogen (secondary N) is 1. The molecule has 5 nitrogen and oxygen atoms in total. The van der Waals surface area contributed by atoms with Gasteiger partial charge < -0.3 is 15.0 Å². The zero-order valence-corrected chi connectivity index (χ0v) is 22.6. The van der Waals surface area contributed by atoms with Gasteiger partial charge in [-0.3, -0.25) is 9.59 Å². The number of benzene rings is 3. The molecule has 0 spiro atoms. The van der Waals surface area contributed by atoms with Gasteiger partial charge in [-0.05, 0) is 73.2 Å². The SMILES string of the molecule is Cc1cc(OCC(=O)N(Cc2ccc(F)cc2)C(Cc2ccccc2)C(=O)NC2CCCC2)cc(C)c1Cl. The quantitative estimate of drug-likeness (QED) is 0.337. The standard InChI is InChI=1S/C31H34ClFN2O3/c1-21-16-27(17-22(2)30(21)32)38-20-29(36)35(19-24-12-14-25(33)15-13-24)28(18-23-8-4-3-5-9-23)31(37)34-26-10-6-7-11-26/h3-5,8-9,12-17,26,28H,6-7,10-11,18-20H2,1-2H3,(H,34,37). The van der Waals surface area contributed by atoms with Gasteiger partial charge in [0.05, 0.1) is 0 Å². The van der Waals surface area contributed by atoms with E-state index in [9.17, 15) is 14.0 Å². The van der Waals surface area contributed by atoms with Gasteiger partial charge in [0.2, 0.25) is 5.91 Å². The molecule has 1 N–H and O–H groups in total. The van der Waals surface area contributed by atoms with Crippen molar-refractivity contribution >= 4 is 23.4 Å². The predicted octanol–water partition coefficient (Wildman–Crippen LogP) is 6.17. The second-order valence-corrected chi connectivity index (χ2v) is 10.4. The van der Waals surface area contributed by atoms with Crippen LogP contribution in [0.1, 0.15) is 47.9 Å². The van der Waals surface area contributed by atoms with Crippen LogP contribution >= 0.6 is 11.6 Å². The van der Waals surface area contributed by atoms with Gasteiger partial charge in [-0.2, -0.15) is 0 Å². The molecule has 0 aliphatic heterocycles. The molecule has 3 aromatic carbocycles. The summed E-state index contributed by atoms with van der Waals surface area (Å²) in [5.74, 6) is -0.339. The van der Waals surface area contributed by atoms with E-state index in [-0.39, 0.29) is 36.8 Å². The molecular formula is C31H34ClFN2O3. The van der Waals surface area contributed by atoms with Gasteiger partial charge in [0.25, 0.3) is 5.91 Å². The van der Waals surface area contributed by atoms with Crippen molar-refractivity contribution in [2.75, 3.05) is 6.61 Å². The largest absolute Gasteiger partial charge is 0.484 e. The van der Waals surface area contributed by atoms with Crippen molar-refractivity contribution in [3.8, 4) is 5.75 Å². The van der Waals surface area contributed by atoms with Gasteiger partial charge in [0.15, 0.2) is 6.61 Å². The summed E-state index contributed by atoms with van der Waals surface area (Å²) in [6.45, 7) is 3.67. The highest BCUT2D eigenvalue weighted by Gasteiger charge is 2.32. The summed E-state index contributed by atoms with van der Waals surface area (Å²) >= 11 is 6.29. The van der Waals surface area contributed by atoms with Gasteiger partial charge >= 0.3 is 0 Å². The van der Waals surface area contributed by atoms with Gasteiger partial charge in [-0.15, -0.1) is 0 Å². The van der Waals surface area contributed by atoms with Crippen LogP contribution in [0.3, 0.4) is 0 Å². The molecule has 1 saturated carbocycles. The number of carbonyl (C=O) groups is 2. The minimum atomic E-state index is -0.757. The predicted molar refractivity (Wildman–Crippen MR) is 148 cm³/mol. The summed E-state index contributed by atoms with van der Waals surface area (Å²) < 4.78 is 19.5. The van der Waals surface area contributed by atoms with Gasteiger partial charge in [-0.1, -0.05) is 66.9 Å². The Bertz CT molecular complexity index is 1220. The van der Waals surface area contributed by atoms with Crippen LogP contribution in [0, 0.1) is 19.7 Å². The fraction of sp³-hybridized carbons (Fsp3) is 0.355. The van der Waals surface area contributed by atoms with Crippen LogP contribution in [0.15, 0.2) is 66.7 Å². The van der Waals surface area contributed by atoms with E-state index in [0.717, 1.165) is 47.9 Å². The molecule has 2 amide bonds. The highest BCUT2D eigenvalue weighted by atomic mass is 35.5. The third kappa shape index (κ3) is 7.35. The molecular weight excluding hydrogens is 503 g/mol. The molecule has 0 radical (unpaired) electrons. The summed E-state index contributed by atoms with van der Waals surface area (Å²) in [5.41, 5.74) is 3.39. The lowest BCUT2D eigenvalue weighted by Crippen LogP contribution is -2.53. The lowest BCUT2D eigenvalue weighted by Gasteiger charge is -2.32. The number of aryl methyl sites for hydroxylation is 2. The van der Waals surface area contributed by atoms with Crippen LogP contribution < -0.4 is 10.1 Å². The molecule has 1 atom stereocenters.